The molecule has 4 nitrogen and oxygen atoms in total. The van der Waals surface area contributed by atoms with Crippen LogP contribution in [0.25, 0.3) is 0 Å². The van der Waals surface area contributed by atoms with Crippen LogP contribution in [0.5, 0.6) is 0 Å². The largest absolute Gasteiger partial charge is 0.477 e. The summed E-state index contributed by atoms with van der Waals surface area (Å²) in [6, 6.07) is 0. The number of hydrogen-bond donors (Lipinski definition) is 1. The van der Waals surface area contributed by atoms with Crippen LogP contribution in [0, 0.1) is 11.8 Å². The molecule has 1 aliphatic rings. The van der Waals surface area contributed by atoms with Crippen LogP contribution >= 0.6 is 11.3 Å². The Labute approximate surface area is 118 Å². The molecule has 1 saturated heterocycles. The van der Waals surface area contributed by atoms with E-state index in [9.17, 15) is 9.90 Å². The molecule has 0 aromatic carbocycles. The van der Waals surface area contributed by atoms with Crippen molar-refractivity contribution in [2.24, 2.45) is 11.8 Å². The maximum absolute atomic E-state index is 11.3. The van der Waals surface area contributed by atoms with Crippen molar-refractivity contribution in [3.63, 3.8) is 0 Å². The molecule has 1 aromatic heterocycles. The molecule has 2 rings (SSSR count). The molecule has 0 radical (unpaired) electrons. The number of piperidine rings is 1. The van der Waals surface area contributed by atoms with Gasteiger partial charge in [0.2, 0.25) is 0 Å². The second-order valence-electron chi connectivity index (χ2n) is 5.68. The normalized spacial score (nSPS) is 23.6. The van der Waals surface area contributed by atoms with Crippen molar-refractivity contribution in [1.29, 1.82) is 0 Å². The average molecular weight is 282 g/mol. The number of hydrogen-bond acceptors (Lipinski definition) is 4. The Kier molecular flexibility index (Phi) is 4.45. The van der Waals surface area contributed by atoms with E-state index in [4.69, 9.17) is 0 Å². The van der Waals surface area contributed by atoms with Crippen molar-refractivity contribution in [1.82, 2.24) is 4.98 Å². The zero-order chi connectivity index (χ0) is 14.0. The molecular formula is C14H22N2O2S. The minimum absolute atomic E-state index is 0.419. The lowest BCUT2D eigenvalue weighted by Gasteiger charge is -2.34. The summed E-state index contributed by atoms with van der Waals surface area (Å²) in [4.78, 5) is 18.5. The van der Waals surface area contributed by atoms with Gasteiger partial charge in [-0.25, -0.2) is 9.78 Å². The monoisotopic (exact) mass is 282 g/mol. The maximum Gasteiger partial charge on any atom is 0.347 e. The summed E-state index contributed by atoms with van der Waals surface area (Å²) < 4.78 is 0. The van der Waals surface area contributed by atoms with Gasteiger partial charge >= 0.3 is 5.97 Å². The van der Waals surface area contributed by atoms with Crippen LogP contribution in [-0.2, 0) is 6.42 Å². The number of rotatable bonds is 4. The average Bonchev–Trinajstić information content (AvgIpc) is 2.72. The molecule has 0 aliphatic carbocycles. The number of aromatic carboxylic acids is 1. The van der Waals surface area contributed by atoms with Gasteiger partial charge in [0.15, 0.2) is 5.13 Å². The van der Waals surface area contributed by atoms with Crippen LogP contribution < -0.4 is 4.90 Å². The predicted octanol–water partition coefficient (Wildman–Crippen LogP) is 3.28. The van der Waals surface area contributed by atoms with E-state index in [2.05, 4.69) is 30.7 Å². The Bertz CT molecular complexity index is 448. The fourth-order valence-electron chi connectivity index (χ4n) is 2.87. The lowest BCUT2D eigenvalue weighted by atomic mass is 9.92. The Morgan fingerprint density at radius 1 is 1.42 bits per heavy atom. The van der Waals surface area contributed by atoms with E-state index >= 15 is 0 Å². The van der Waals surface area contributed by atoms with Gasteiger partial charge in [0, 0.05) is 13.1 Å². The van der Waals surface area contributed by atoms with Crippen molar-refractivity contribution >= 4 is 22.4 Å². The highest BCUT2D eigenvalue weighted by Crippen LogP contribution is 2.32. The van der Waals surface area contributed by atoms with E-state index in [0.29, 0.717) is 16.7 Å². The summed E-state index contributed by atoms with van der Waals surface area (Å²) in [5.41, 5.74) is 0.751. The van der Waals surface area contributed by atoms with Gasteiger partial charge in [-0.1, -0.05) is 38.5 Å². The lowest BCUT2D eigenvalue weighted by Crippen LogP contribution is -2.38. The van der Waals surface area contributed by atoms with Gasteiger partial charge in [-0.05, 0) is 24.7 Å². The minimum atomic E-state index is -0.842. The number of nitrogens with zero attached hydrogens (tertiary/aromatic N) is 2. The molecule has 0 amide bonds. The first-order valence-electron chi connectivity index (χ1n) is 6.99. The molecular weight excluding hydrogens is 260 g/mol. The molecule has 106 valence electrons. The SMILES string of the molecule is CCCc1nc(N2CC(C)CC(C)C2)sc1C(=O)O. The zero-order valence-electron chi connectivity index (χ0n) is 11.8. The first-order chi connectivity index (χ1) is 9.01. The number of aryl methyl sites for hydroxylation is 1. The number of aromatic nitrogens is 1. The molecule has 1 aliphatic heterocycles. The van der Waals surface area contributed by atoms with Crippen LogP contribution in [0.2, 0.25) is 0 Å². The molecule has 0 spiro atoms. The standard InChI is InChI=1S/C14H22N2O2S/c1-4-5-11-12(13(17)18)19-14(15-11)16-7-9(2)6-10(3)8-16/h9-10H,4-8H2,1-3H3,(H,17,18). The van der Waals surface area contributed by atoms with E-state index < -0.39 is 5.97 Å². The Morgan fingerprint density at radius 3 is 2.58 bits per heavy atom. The third-order valence-electron chi connectivity index (χ3n) is 3.51. The van der Waals surface area contributed by atoms with Gasteiger partial charge in [0.05, 0.1) is 5.69 Å². The number of thiazole rings is 1. The summed E-state index contributed by atoms with van der Waals surface area (Å²) in [6.07, 6.45) is 2.92. The molecule has 0 bridgehead atoms. The van der Waals surface area contributed by atoms with Crippen molar-refractivity contribution in [3.8, 4) is 0 Å². The lowest BCUT2D eigenvalue weighted by molar-refractivity contribution is 0.0700. The van der Waals surface area contributed by atoms with Crippen LogP contribution in [-0.4, -0.2) is 29.1 Å². The van der Waals surface area contributed by atoms with E-state index in [1.807, 2.05) is 0 Å². The zero-order valence-corrected chi connectivity index (χ0v) is 12.7. The Hall–Kier alpha value is -1.10. The number of carbonyl (C=O) groups is 1. The summed E-state index contributed by atoms with van der Waals surface area (Å²) in [5, 5.41) is 10.1. The van der Waals surface area contributed by atoms with Crippen LogP contribution in [0.15, 0.2) is 0 Å². The Balaban J connectivity index is 2.24. The predicted molar refractivity (Wildman–Crippen MR) is 78.2 cm³/mol. The van der Waals surface area contributed by atoms with Crippen molar-refractivity contribution < 1.29 is 9.90 Å². The second kappa shape index (κ2) is 5.90. The van der Waals surface area contributed by atoms with E-state index in [1.165, 1.54) is 17.8 Å². The van der Waals surface area contributed by atoms with Gasteiger partial charge in [-0.2, -0.15) is 0 Å². The smallest absolute Gasteiger partial charge is 0.347 e. The van der Waals surface area contributed by atoms with Crippen LogP contribution in [0.3, 0.4) is 0 Å². The molecule has 19 heavy (non-hydrogen) atoms. The van der Waals surface area contributed by atoms with E-state index in [-0.39, 0.29) is 0 Å². The quantitative estimate of drug-likeness (QED) is 0.921. The minimum Gasteiger partial charge on any atom is -0.477 e. The number of anilines is 1. The summed E-state index contributed by atoms with van der Waals surface area (Å²) in [7, 11) is 0. The molecule has 2 unspecified atom stereocenters. The molecule has 0 saturated carbocycles. The first kappa shape index (κ1) is 14.3. The maximum atomic E-state index is 11.3. The topological polar surface area (TPSA) is 53.4 Å². The summed E-state index contributed by atoms with van der Waals surface area (Å²) >= 11 is 1.33. The fraction of sp³-hybridized carbons (Fsp3) is 0.714. The summed E-state index contributed by atoms with van der Waals surface area (Å²) in [6.45, 7) is 8.53. The number of carboxylic acids is 1. The fourth-order valence-corrected chi connectivity index (χ4v) is 3.84. The van der Waals surface area contributed by atoms with Gasteiger partial charge in [0.25, 0.3) is 0 Å². The van der Waals surface area contributed by atoms with Crippen LogP contribution in [0.1, 0.15) is 49.0 Å². The summed E-state index contributed by atoms with van der Waals surface area (Å²) in [5.74, 6) is 0.455. The molecule has 2 atom stereocenters. The van der Waals surface area contributed by atoms with Gasteiger partial charge in [-0.15, -0.1) is 0 Å². The molecule has 1 aromatic rings. The van der Waals surface area contributed by atoms with Crippen molar-refractivity contribution in [2.45, 2.75) is 40.0 Å². The third-order valence-corrected chi connectivity index (χ3v) is 4.65. The first-order valence-corrected chi connectivity index (χ1v) is 7.80. The van der Waals surface area contributed by atoms with Gasteiger partial charge in [0.1, 0.15) is 4.88 Å². The second-order valence-corrected chi connectivity index (χ2v) is 6.66. The van der Waals surface area contributed by atoms with Gasteiger partial charge < -0.3 is 10.0 Å². The third kappa shape index (κ3) is 3.26. The molecule has 1 N–H and O–H groups in total. The molecule has 2 heterocycles. The van der Waals surface area contributed by atoms with Crippen molar-refractivity contribution in [3.05, 3.63) is 10.6 Å². The highest BCUT2D eigenvalue weighted by molar-refractivity contribution is 7.17. The Morgan fingerprint density at radius 2 is 2.05 bits per heavy atom. The highest BCUT2D eigenvalue weighted by Gasteiger charge is 2.26. The van der Waals surface area contributed by atoms with E-state index in [1.54, 1.807) is 0 Å². The number of carboxylic acid groups (broad SMARTS) is 1. The molecule has 5 heteroatoms. The van der Waals surface area contributed by atoms with Crippen molar-refractivity contribution in [2.75, 3.05) is 18.0 Å². The van der Waals surface area contributed by atoms with Gasteiger partial charge in [-0.3, -0.25) is 0 Å². The molecule has 1 fully saturated rings. The highest BCUT2D eigenvalue weighted by atomic mass is 32.1. The van der Waals surface area contributed by atoms with Crippen LogP contribution in [0.4, 0.5) is 5.13 Å². The van der Waals surface area contributed by atoms with E-state index in [0.717, 1.165) is 36.8 Å².